The molecule has 3 atom stereocenters. The molecule has 0 aromatic heterocycles. The van der Waals surface area contributed by atoms with E-state index in [4.69, 9.17) is 14.2 Å². The van der Waals surface area contributed by atoms with Gasteiger partial charge in [0.25, 0.3) is 0 Å². The maximum atomic E-state index is 11.8. The van der Waals surface area contributed by atoms with Gasteiger partial charge in [-0.1, -0.05) is 0 Å². The molecule has 128 valence electrons. The van der Waals surface area contributed by atoms with Crippen molar-refractivity contribution in [1.29, 1.82) is 0 Å². The van der Waals surface area contributed by atoms with Crippen LogP contribution in [0.2, 0.25) is 0 Å². The highest BCUT2D eigenvalue weighted by Gasteiger charge is 2.40. The zero-order chi connectivity index (χ0) is 17.6. The average molecular weight is 328 g/mol. The zero-order valence-corrected chi connectivity index (χ0v) is 13.5. The molecule has 0 saturated carbocycles. The van der Waals surface area contributed by atoms with E-state index in [2.05, 4.69) is 4.74 Å². The number of ether oxygens (including phenoxy) is 4. The summed E-state index contributed by atoms with van der Waals surface area (Å²) in [7, 11) is 1.23. The van der Waals surface area contributed by atoms with Crippen molar-refractivity contribution in [2.45, 2.75) is 39.4 Å². The van der Waals surface area contributed by atoms with E-state index < -0.39 is 42.0 Å². The van der Waals surface area contributed by atoms with Gasteiger partial charge in [-0.3, -0.25) is 14.4 Å². The van der Waals surface area contributed by atoms with Crippen LogP contribution in [0.25, 0.3) is 0 Å². The topological polar surface area (TPSA) is 105 Å². The summed E-state index contributed by atoms with van der Waals surface area (Å²) < 4.78 is 20.0. The smallest absolute Gasteiger partial charge is 0.333 e. The normalized spacial score (nSPS) is 23.3. The molecular weight excluding hydrogens is 308 g/mol. The lowest BCUT2D eigenvalue weighted by Crippen LogP contribution is -2.44. The maximum absolute atomic E-state index is 11.8. The van der Waals surface area contributed by atoms with Crippen LogP contribution >= 0.6 is 0 Å². The third-order valence-corrected chi connectivity index (χ3v) is 3.19. The summed E-state index contributed by atoms with van der Waals surface area (Å²) >= 11 is 0. The Morgan fingerprint density at radius 2 is 1.65 bits per heavy atom. The van der Waals surface area contributed by atoms with E-state index in [0.29, 0.717) is 0 Å². The summed E-state index contributed by atoms with van der Waals surface area (Å²) in [5.41, 5.74) is 0.263. The molecule has 0 bridgehead atoms. The molecule has 0 heterocycles. The molecule has 0 aliphatic heterocycles. The van der Waals surface area contributed by atoms with Crippen LogP contribution in [-0.4, -0.2) is 49.8 Å². The highest BCUT2D eigenvalue weighted by molar-refractivity contribution is 5.89. The number of hydrogen-bond acceptors (Lipinski definition) is 8. The minimum atomic E-state index is -0.959. The van der Waals surface area contributed by atoms with E-state index in [1.165, 1.54) is 34.0 Å². The fraction of sp³-hybridized carbons (Fsp3) is 0.600. The lowest BCUT2D eigenvalue weighted by molar-refractivity contribution is -0.170. The first-order chi connectivity index (χ1) is 10.7. The van der Waals surface area contributed by atoms with Crippen molar-refractivity contribution in [2.24, 2.45) is 5.92 Å². The Labute approximate surface area is 133 Å². The molecule has 1 rings (SSSR count). The summed E-state index contributed by atoms with van der Waals surface area (Å²) in [6.07, 6.45) is -0.259. The highest BCUT2D eigenvalue weighted by atomic mass is 16.6. The summed E-state index contributed by atoms with van der Waals surface area (Å²) in [5.74, 6) is -2.80. The van der Waals surface area contributed by atoms with Crippen LogP contribution in [0.1, 0.15) is 27.2 Å². The van der Waals surface area contributed by atoms with Crippen LogP contribution in [-0.2, 0) is 38.1 Å². The van der Waals surface area contributed by atoms with Crippen molar-refractivity contribution in [3.63, 3.8) is 0 Å². The quantitative estimate of drug-likeness (QED) is 0.531. The molecule has 0 amide bonds. The number of methoxy groups -OCH3 is 1. The first-order valence-corrected chi connectivity index (χ1v) is 7.01. The Morgan fingerprint density at radius 3 is 2.13 bits per heavy atom. The molecule has 23 heavy (non-hydrogen) atoms. The first kappa shape index (κ1) is 18.7. The van der Waals surface area contributed by atoms with E-state index in [9.17, 15) is 19.2 Å². The van der Waals surface area contributed by atoms with Crippen LogP contribution < -0.4 is 0 Å². The van der Waals surface area contributed by atoms with Crippen LogP contribution in [0.5, 0.6) is 0 Å². The van der Waals surface area contributed by atoms with Crippen LogP contribution in [0.3, 0.4) is 0 Å². The van der Waals surface area contributed by atoms with Gasteiger partial charge in [0.05, 0.1) is 13.7 Å². The molecule has 0 aromatic rings. The fourth-order valence-electron chi connectivity index (χ4n) is 2.34. The van der Waals surface area contributed by atoms with Gasteiger partial charge in [-0.15, -0.1) is 0 Å². The minimum Gasteiger partial charge on any atom is -0.466 e. The van der Waals surface area contributed by atoms with E-state index in [1.807, 2.05) is 0 Å². The highest BCUT2D eigenvalue weighted by Crippen LogP contribution is 2.30. The van der Waals surface area contributed by atoms with Gasteiger partial charge in [-0.25, -0.2) is 4.79 Å². The van der Waals surface area contributed by atoms with E-state index in [-0.39, 0.29) is 18.6 Å². The van der Waals surface area contributed by atoms with Crippen molar-refractivity contribution in [3.8, 4) is 0 Å². The SMILES string of the molecule is COC(=O)C1=C[C@H](OC(C)=O)[C@H](OC(C)=O)[C@H](COC(C)=O)C1. The number of hydrogen-bond donors (Lipinski definition) is 0. The fourth-order valence-corrected chi connectivity index (χ4v) is 2.34. The van der Waals surface area contributed by atoms with E-state index in [0.717, 1.165) is 0 Å². The first-order valence-electron chi connectivity index (χ1n) is 7.01. The minimum absolute atomic E-state index is 0.0839. The molecule has 0 fully saturated rings. The van der Waals surface area contributed by atoms with Gasteiger partial charge in [0, 0.05) is 32.3 Å². The van der Waals surface area contributed by atoms with Crippen molar-refractivity contribution < 1.29 is 38.1 Å². The second-order valence-corrected chi connectivity index (χ2v) is 5.10. The summed E-state index contributed by atoms with van der Waals surface area (Å²) in [4.78, 5) is 45.4. The summed E-state index contributed by atoms with van der Waals surface area (Å²) in [5, 5.41) is 0. The van der Waals surface area contributed by atoms with Gasteiger partial charge in [-0.2, -0.15) is 0 Å². The zero-order valence-electron chi connectivity index (χ0n) is 13.5. The lowest BCUT2D eigenvalue weighted by Gasteiger charge is -2.34. The molecule has 1 aliphatic carbocycles. The van der Waals surface area contributed by atoms with Crippen molar-refractivity contribution in [3.05, 3.63) is 11.6 Å². The molecule has 0 spiro atoms. The molecule has 0 aromatic carbocycles. The number of carbonyl (C=O) groups excluding carboxylic acids is 4. The second kappa shape index (κ2) is 8.30. The molecule has 1 aliphatic rings. The molecular formula is C15H20O8. The molecule has 0 unspecified atom stereocenters. The van der Waals surface area contributed by atoms with Gasteiger partial charge in [0.15, 0.2) is 6.10 Å². The summed E-state index contributed by atoms with van der Waals surface area (Å²) in [6, 6.07) is 0. The molecule has 0 radical (unpaired) electrons. The van der Waals surface area contributed by atoms with E-state index >= 15 is 0 Å². The Morgan fingerprint density at radius 1 is 1.04 bits per heavy atom. The van der Waals surface area contributed by atoms with Gasteiger partial charge in [0.1, 0.15) is 6.10 Å². The van der Waals surface area contributed by atoms with Crippen LogP contribution in [0, 0.1) is 5.92 Å². The van der Waals surface area contributed by atoms with Crippen molar-refractivity contribution in [1.82, 2.24) is 0 Å². The average Bonchev–Trinajstić information content (AvgIpc) is 2.45. The van der Waals surface area contributed by atoms with Gasteiger partial charge in [0.2, 0.25) is 0 Å². The third-order valence-electron chi connectivity index (χ3n) is 3.19. The second-order valence-electron chi connectivity index (χ2n) is 5.10. The predicted molar refractivity (Wildman–Crippen MR) is 75.9 cm³/mol. The van der Waals surface area contributed by atoms with Crippen molar-refractivity contribution >= 4 is 23.9 Å². The standard InChI is InChI=1S/C15H20O8/c1-8(16)21-7-12-5-11(15(19)20-4)6-13(22-9(2)17)14(12)23-10(3)18/h6,12-14H,5,7H2,1-4H3/t12-,13-,14+/m0/s1. The maximum Gasteiger partial charge on any atom is 0.333 e. The Hall–Kier alpha value is -2.38. The largest absolute Gasteiger partial charge is 0.466 e. The molecule has 8 nitrogen and oxygen atoms in total. The van der Waals surface area contributed by atoms with Gasteiger partial charge in [-0.05, 0) is 12.5 Å². The monoisotopic (exact) mass is 328 g/mol. The van der Waals surface area contributed by atoms with Gasteiger partial charge < -0.3 is 18.9 Å². The Bertz CT molecular complexity index is 522. The number of carbonyl (C=O) groups is 4. The Kier molecular flexibility index (Phi) is 6.74. The van der Waals surface area contributed by atoms with Crippen molar-refractivity contribution in [2.75, 3.05) is 13.7 Å². The molecule has 0 N–H and O–H groups in total. The predicted octanol–water partition coefficient (Wildman–Crippen LogP) is 0.532. The summed E-state index contributed by atoms with van der Waals surface area (Å²) in [6.45, 7) is 3.57. The number of rotatable bonds is 5. The number of esters is 4. The Balaban J connectivity index is 3.10. The molecule has 0 saturated heterocycles. The van der Waals surface area contributed by atoms with Crippen LogP contribution in [0.15, 0.2) is 11.6 Å². The molecule has 8 heteroatoms. The lowest BCUT2D eigenvalue weighted by atomic mass is 9.84. The third kappa shape index (κ3) is 5.72. The van der Waals surface area contributed by atoms with Crippen LogP contribution in [0.4, 0.5) is 0 Å². The van der Waals surface area contributed by atoms with E-state index in [1.54, 1.807) is 0 Å². The van der Waals surface area contributed by atoms with Gasteiger partial charge >= 0.3 is 23.9 Å².